The highest BCUT2D eigenvalue weighted by Crippen LogP contribution is 2.38. The molecule has 0 radical (unpaired) electrons. The second-order valence-corrected chi connectivity index (χ2v) is 13.0. The van der Waals surface area contributed by atoms with Gasteiger partial charge in [0, 0.05) is 43.6 Å². The highest BCUT2D eigenvalue weighted by atomic mass is 16.6. The summed E-state index contributed by atoms with van der Waals surface area (Å²) >= 11 is 0. The van der Waals surface area contributed by atoms with Crippen LogP contribution in [-0.2, 0) is 15.0 Å². The fraction of sp³-hybridized carbons (Fsp3) is 0.562. The Morgan fingerprint density at radius 3 is 2.58 bits per heavy atom. The second-order valence-electron chi connectivity index (χ2n) is 13.0. The van der Waals surface area contributed by atoms with Gasteiger partial charge in [-0.25, -0.2) is 4.79 Å². The molecule has 0 saturated carbocycles. The zero-order valence-corrected chi connectivity index (χ0v) is 26.2. The van der Waals surface area contributed by atoms with Crippen molar-refractivity contribution in [1.82, 2.24) is 24.6 Å². The first kappa shape index (κ1) is 30.6. The zero-order chi connectivity index (χ0) is 30.9. The first-order valence-electron chi connectivity index (χ1n) is 15.2. The highest BCUT2D eigenvalue weighted by molar-refractivity contribution is 5.96. The van der Waals surface area contributed by atoms with Gasteiger partial charge in [0.25, 0.3) is 11.5 Å². The molecule has 2 aromatic heterocycles. The van der Waals surface area contributed by atoms with Gasteiger partial charge in [-0.1, -0.05) is 13.8 Å². The van der Waals surface area contributed by atoms with E-state index in [9.17, 15) is 14.4 Å². The van der Waals surface area contributed by atoms with Gasteiger partial charge in [-0.05, 0) is 82.7 Å². The van der Waals surface area contributed by atoms with Crippen LogP contribution in [0.3, 0.4) is 0 Å². The Kier molecular flexibility index (Phi) is 8.56. The number of hydrogen-bond donors (Lipinski definition) is 2. The van der Waals surface area contributed by atoms with Crippen LogP contribution in [0.1, 0.15) is 69.8 Å². The minimum Gasteiger partial charge on any atom is -0.444 e. The van der Waals surface area contributed by atoms with Gasteiger partial charge in [0.1, 0.15) is 11.0 Å². The van der Waals surface area contributed by atoms with Crippen molar-refractivity contribution >= 4 is 34.4 Å². The third-order valence-electron chi connectivity index (χ3n) is 8.50. The van der Waals surface area contributed by atoms with E-state index in [4.69, 9.17) is 14.6 Å². The number of hydrogen-bond acceptors (Lipinski definition) is 7. The maximum absolute atomic E-state index is 13.3. The molecule has 1 atom stereocenters. The molecule has 0 aliphatic carbocycles. The number of aryl methyl sites for hydroxylation is 1. The molecule has 0 bridgehead atoms. The maximum Gasteiger partial charge on any atom is 0.410 e. The molecule has 11 nitrogen and oxygen atoms in total. The Morgan fingerprint density at radius 1 is 1.16 bits per heavy atom. The van der Waals surface area contributed by atoms with Gasteiger partial charge >= 0.3 is 6.09 Å². The average Bonchev–Trinajstić information content (AvgIpc) is 3.18. The van der Waals surface area contributed by atoms with E-state index in [1.54, 1.807) is 11.1 Å². The molecular weight excluding hydrogens is 548 g/mol. The standard InChI is InChI=1S/C32H44N6O5/c1-7-32(11-14-36(15-12-32)30(41)43-31(4,5)6)38-25-10-13-33-28(39)26(25)27(35-38)34-23-8-9-24(22(3)18-23)29(40)37-16-17-42-20-21(2)19-37/h8-10,13,18,21H,7,11-12,14-17,19-20H2,1-6H3,(H,33,39)(H,34,35)/t21-/m1/s1. The number of nitrogens with zero attached hydrogens (tertiary/aromatic N) is 4. The lowest BCUT2D eigenvalue weighted by Gasteiger charge is -2.42. The van der Waals surface area contributed by atoms with Crippen molar-refractivity contribution in [3.63, 3.8) is 0 Å². The number of carbonyl (C=O) groups is 2. The summed E-state index contributed by atoms with van der Waals surface area (Å²) in [5, 5.41) is 8.82. The van der Waals surface area contributed by atoms with E-state index in [2.05, 4.69) is 24.1 Å². The Hall–Kier alpha value is -3.86. The van der Waals surface area contributed by atoms with Gasteiger partial charge < -0.3 is 29.6 Å². The van der Waals surface area contributed by atoms with Crippen molar-refractivity contribution in [1.29, 1.82) is 0 Å². The largest absolute Gasteiger partial charge is 0.444 e. The van der Waals surface area contributed by atoms with Crippen LogP contribution in [-0.4, -0.2) is 81.6 Å². The van der Waals surface area contributed by atoms with Crippen LogP contribution in [0.15, 0.2) is 35.3 Å². The molecule has 1 aromatic carbocycles. The fourth-order valence-electron chi connectivity index (χ4n) is 6.13. The van der Waals surface area contributed by atoms with E-state index in [-0.39, 0.29) is 29.0 Å². The lowest BCUT2D eigenvalue weighted by atomic mass is 9.85. The minimum atomic E-state index is -0.555. The quantitative estimate of drug-likeness (QED) is 0.427. The number of carbonyl (C=O) groups excluding carboxylic acids is 2. The van der Waals surface area contributed by atoms with E-state index in [0.29, 0.717) is 69.0 Å². The molecule has 4 heterocycles. The molecule has 0 unspecified atom stereocenters. The van der Waals surface area contributed by atoms with E-state index in [1.807, 2.05) is 61.5 Å². The van der Waals surface area contributed by atoms with Crippen LogP contribution in [0.25, 0.3) is 10.9 Å². The van der Waals surface area contributed by atoms with E-state index >= 15 is 0 Å². The minimum absolute atomic E-state index is 0.00446. The number of pyridine rings is 1. The number of anilines is 2. The second kappa shape index (κ2) is 12.0. The predicted molar refractivity (Wildman–Crippen MR) is 166 cm³/mol. The fourth-order valence-corrected chi connectivity index (χ4v) is 6.13. The zero-order valence-electron chi connectivity index (χ0n) is 26.2. The molecule has 2 saturated heterocycles. The van der Waals surface area contributed by atoms with Crippen molar-refractivity contribution in [3.8, 4) is 0 Å². The van der Waals surface area contributed by atoms with Crippen molar-refractivity contribution in [2.24, 2.45) is 5.92 Å². The number of nitrogens with one attached hydrogen (secondary N) is 2. The van der Waals surface area contributed by atoms with Crippen molar-refractivity contribution < 1.29 is 19.1 Å². The van der Waals surface area contributed by atoms with Crippen LogP contribution >= 0.6 is 0 Å². The molecule has 3 aromatic rings. The highest BCUT2D eigenvalue weighted by Gasteiger charge is 2.39. The lowest BCUT2D eigenvalue weighted by molar-refractivity contribution is 0.0101. The molecule has 11 heteroatoms. The number of likely N-dealkylation sites (tertiary alicyclic amines) is 1. The van der Waals surface area contributed by atoms with Gasteiger partial charge in [-0.3, -0.25) is 14.3 Å². The molecule has 2 fully saturated rings. The number of benzene rings is 1. The molecule has 2 aliphatic heterocycles. The van der Waals surface area contributed by atoms with Gasteiger partial charge in [-0.15, -0.1) is 0 Å². The Balaban J connectivity index is 1.41. The number of fused-ring (bicyclic) bond motifs is 1. The summed E-state index contributed by atoms with van der Waals surface area (Å²) in [6, 6.07) is 7.49. The number of H-pyrrole nitrogens is 1. The van der Waals surface area contributed by atoms with Crippen LogP contribution in [0.4, 0.5) is 16.3 Å². The molecule has 2 amide bonds. The molecule has 2 aliphatic rings. The Labute approximate surface area is 252 Å². The summed E-state index contributed by atoms with van der Waals surface area (Å²) in [7, 11) is 0. The van der Waals surface area contributed by atoms with Gasteiger partial charge in [-0.2, -0.15) is 5.10 Å². The topological polar surface area (TPSA) is 122 Å². The van der Waals surface area contributed by atoms with Crippen molar-refractivity contribution in [2.75, 3.05) is 44.7 Å². The average molecular weight is 593 g/mol. The van der Waals surface area contributed by atoms with Crippen LogP contribution in [0.5, 0.6) is 0 Å². The number of ether oxygens (including phenoxy) is 2. The molecule has 5 rings (SSSR count). The smallest absolute Gasteiger partial charge is 0.410 e. The molecular formula is C32H44N6O5. The van der Waals surface area contributed by atoms with Crippen LogP contribution in [0, 0.1) is 12.8 Å². The SMILES string of the molecule is CCC1(n2nc(Nc3ccc(C(=O)N4CCOC[C@H](C)C4)c(C)c3)c3c(=O)[nH]ccc32)CCN(C(=O)OC(C)(C)C)CC1. The van der Waals surface area contributed by atoms with Crippen molar-refractivity contribution in [2.45, 2.75) is 71.9 Å². The van der Waals surface area contributed by atoms with E-state index in [0.717, 1.165) is 23.2 Å². The summed E-state index contributed by atoms with van der Waals surface area (Å²) in [6.07, 6.45) is 3.49. The molecule has 232 valence electrons. The van der Waals surface area contributed by atoms with Gasteiger partial charge in [0.05, 0.1) is 24.3 Å². The van der Waals surface area contributed by atoms with Crippen LogP contribution in [0.2, 0.25) is 0 Å². The van der Waals surface area contributed by atoms with Crippen LogP contribution < -0.4 is 10.9 Å². The first-order valence-corrected chi connectivity index (χ1v) is 15.2. The predicted octanol–water partition coefficient (Wildman–Crippen LogP) is 5.02. The van der Waals surface area contributed by atoms with Gasteiger partial charge in [0.15, 0.2) is 5.82 Å². The summed E-state index contributed by atoms with van der Waals surface area (Å²) < 4.78 is 13.2. The molecule has 2 N–H and O–H groups in total. The number of piperidine rings is 1. The van der Waals surface area contributed by atoms with Gasteiger partial charge in [0.2, 0.25) is 0 Å². The Morgan fingerprint density at radius 2 is 1.91 bits per heavy atom. The molecule has 0 spiro atoms. The summed E-state index contributed by atoms with van der Waals surface area (Å²) in [5.74, 6) is 0.733. The number of amides is 2. The Bertz CT molecular complexity index is 1550. The summed E-state index contributed by atoms with van der Waals surface area (Å²) in [5.41, 5.74) is 1.80. The molecule has 43 heavy (non-hydrogen) atoms. The maximum atomic E-state index is 13.3. The third-order valence-corrected chi connectivity index (χ3v) is 8.50. The first-order chi connectivity index (χ1) is 20.4. The normalized spacial score (nSPS) is 19.3. The van der Waals surface area contributed by atoms with E-state index < -0.39 is 5.60 Å². The number of aromatic amines is 1. The van der Waals surface area contributed by atoms with E-state index in [1.165, 1.54) is 0 Å². The number of rotatable bonds is 5. The van der Waals surface area contributed by atoms with Crippen molar-refractivity contribution in [3.05, 3.63) is 51.9 Å². The summed E-state index contributed by atoms with van der Waals surface area (Å²) in [4.78, 5) is 45.6. The monoisotopic (exact) mass is 592 g/mol. The lowest BCUT2D eigenvalue weighted by Crippen LogP contribution is -2.49. The summed E-state index contributed by atoms with van der Waals surface area (Å²) in [6.45, 7) is 15.2. The third kappa shape index (κ3) is 6.41. The number of aromatic nitrogens is 3.